The van der Waals surface area contributed by atoms with Crippen LogP contribution in [-0.4, -0.2) is 22.7 Å². The van der Waals surface area contributed by atoms with Gasteiger partial charge in [-0.2, -0.15) is 0 Å². The van der Waals surface area contributed by atoms with Crippen LogP contribution in [-0.2, 0) is 0 Å². The minimum absolute atomic E-state index is 0.0820. The minimum Gasteiger partial charge on any atom is -0.394 e. The number of aliphatic hydroxyl groups excluding tert-OH is 1. The number of nitro groups is 1. The van der Waals surface area contributed by atoms with Crippen LogP contribution in [0.25, 0.3) is 0 Å². The molecular formula is C11H14Cl2N2O3. The zero-order chi connectivity index (χ0) is 13.9. The van der Waals surface area contributed by atoms with E-state index >= 15 is 0 Å². The molecule has 7 heteroatoms. The first-order chi connectivity index (χ1) is 8.36. The van der Waals surface area contributed by atoms with Crippen molar-refractivity contribution in [2.24, 2.45) is 5.92 Å². The van der Waals surface area contributed by atoms with Crippen LogP contribution in [0.5, 0.6) is 0 Å². The molecule has 0 fully saturated rings. The van der Waals surface area contributed by atoms with E-state index in [4.69, 9.17) is 23.2 Å². The molecule has 1 unspecified atom stereocenters. The molecular weight excluding hydrogens is 279 g/mol. The number of rotatable bonds is 5. The smallest absolute Gasteiger partial charge is 0.272 e. The number of non-ortho nitro benzene ring substituents is 1. The third-order valence-electron chi connectivity index (χ3n) is 2.57. The van der Waals surface area contributed by atoms with Gasteiger partial charge in [0.2, 0.25) is 0 Å². The molecule has 0 aliphatic heterocycles. The summed E-state index contributed by atoms with van der Waals surface area (Å²) in [5, 5.41) is 23.2. The van der Waals surface area contributed by atoms with Crippen LogP contribution in [0.4, 0.5) is 11.4 Å². The number of nitro benzene ring substituents is 1. The number of benzene rings is 1. The molecule has 5 nitrogen and oxygen atoms in total. The predicted octanol–water partition coefficient (Wildman–Crippen LogP) is 3.33. The highest BCUT2D eigenvalue weighted by Crippen LogP contribution is 2.35. The highest BCUT2D eigenvalue weighted by atomic mass is 35.5. The Hall–Kier alpha value is -1.04. The van der Waals surface area contributed by atoms with Gasteiger partial charge in [-0.05, 0) is 5.92 Å². The predicted molar refractivity (Wildman–Crippen MR) is 72.5 cm³/mol. The quantitative estimate of drug-likeness (QED) is 0.645. The first-order valence-corrected chi connectivity index (χ1v) is 6.13. The summed E-state index contributed by atoms with van der Waals surface area (Å²) in [6.07, 6.45) is 0. The number of nitrogens with one attached hydrogen (secondary N) is 1. The molecule has 1 rings (SSSR count). The fraction of sp³-hybridized carbons (Fsp3) is 0.455. The Morgan fingerprint density at radius 1 is 1.39 bits per heavy atom. The number of hydrogen-bond donors (Lipinski definition) is 2. The van der Waals surface area contributed by atoms with Gasteiger partial charge in [0.15, 0.2) is 0 Å². The van der Waals surface area contributed by atoms with E-state index in [1.165, 1.54) is 12.1 Å². The highest BCUT2D eigenvalue weighted by molar-refractivity contribution is 6.39. The Morgan fingerprint density at radius 2 is 1.89 bits per heavy atom. The molecule has 1 aromatic rings. The second-order valence-corrected chi connectivity index (χ2v) is 5.03. The first kappa shape index (κ1) is 15.0. The van der Waals surface area contributed by atoms with Crippen molar-refractivity contribution < 1.29 is 10.0 Å². The summed E-state index contributed by atoms with van der Waals surface area (Å²) in [7, 11) is 0. The molecule has 0 saturated carbocycles. The van der Waals surface area contributed by atoms with E-state index in [0.717, 1.165) is 0 Å². The zero-order valence-corrected chi connectivity index (χ0v) is 11.5. The SMILES string of the molecule is CC(C)C(CO)Nc1c(Cl)cc([N+](=O)[O-])cc1Cl. The number of anilines is 1. The zero-order valence-electron chi connectivity index (χ0n) is 9.98. The van der Waals surface area contributed by atoms with Crippen molar-refractivity contribution >= 4 is 34.6 Å². The average Bonchev–Trinajstić information content (AvgIpc) is 2.27. The highest BCUT2D eigenvalue weighted by Gasteiger charge is 2.18. The molecule has 2 N–H and O–H groups in total. The Labute approximate surface area is 115 Å². The molecule has 0 bridgehead atoms. The van der Waals surface area contributed by atoms with Crippen LogP contribution >= 0.6 is 23.2 Å². The van der Waals surface area contributed by atoms with Gasteiger partial charge in [0.25, 0.3) is 5.69 Å². The van der Waals surface area contributed by atoms with Crippen LogP contribution in [0, 0.1) is 16.0 Å². The van der Waals surface area contributed by atoms with Crippen LogP contribution in [0.1, 0.15) is 13.8 Å². The molecule has 0 radical (unpaired) electrons. The van der Waals surface area contributed by atoms with Crippen molar-refractivity contribution in [3.05, 3.63) is 32.3 Å². The van der Waals surface area contributed by atoms with Gasteiger partial charge >= 0.3 is 0 Å². The molecule has 1 atom stereocenters. The summed E-state index contributed by atoms with van der Waals surface area (Å²) in [5.74, 6) is 0.164. The van der Waals surface area contributed by atoms with E-state index in [1.54, 1.807) is 0 Å². The lowest BCUT2D eigenvalue weighted by molar-refractivity contribution is -0.384. The van der Waals surface area contributed by atoms with Crippen molar-refractivity contribution in [2.45, 2.75) is 19.9 Å². The van der Waals surface area contributed by atoms with E-state index in [-0.39, 0.29) is 34.3 Å². The molecule has 0 amide bonds. The van der Waals surface area contributed by atoms with E-state index in [1.807, 2.05) is 13.8 Å². The van der Waals surface area contributed by atoms with Crippen LogP contribution in [0.15, 0.2) is 12.1 Å². The largest absolute Gasteiger partial charge is 0.394 e. The molecule has 0 aliphatic carbocycles. The standard InChI is InChI=1S/C11H14Cl2N2O3/c1-6(2)10(5-16)14-11-8(12)3-7(15(17)18)4-9(11)13/h3-4,6,10,14,16H,5H2,1-2H3. The van der Waals surface area contributed by atoms with E-state index in [0.29, 0.717) is 5.69 Å². The Balaban J connectivity index is 3.07. The van der Waals surface area contributed by atoms with Crippen molar-refractivity contribution in [1.82, 2.24) is 0 Å². The lowest BCUT2D eigenvalue weighted by Crippen LogP contribution is -2.29. The van der Waals surface area contributed by atoms with Gasteiger partial charge in [-0.15, -0.1) is 0 Å². The third kappa shape index (κ3) is 3.48. The molecule has 100 valence electrons. The van der Waals surface area contributed by atoms with Crippen molar-refractivity contribution in [2.75, 3.05) is 11.9 Å². The maximum atomic E-state index is 10.6. The monoisotopic (exact) mass is 292 g/mol. The summed E-state index contributed by atoms with van der Waals surface area (Å²) in [5.41, 5.74) is 0.234. The lowest BCUT2D eigenvalue weighted by atomic mass is 10.1. The topological polar surface area (TPSA) is 75.4 Å². The summed E-state index contributed by atoms with van der Waals surface area (Å²) < 4.78 is 0. The average molecular weight is 293 g/mol. The Bertz CT molecular complexity index is 429. The number of nitrogens with zero attached hydrogens (tertiary/aromatic N) is 1. The number of halogens is 2. The summed E-state index contributed by atoms with van der Waals surface area (Å²) in [4.78, 5) is 10.1. The first-order valence-electron chi connectivity index (χ1n) is 5.37. The molecule has 0 heterocycles. The van der Waals surface area contributed by atoms with Gasteiger partial charge in [-0.1, -0.05) is 37.0 Å². The summed E-state index contributed by atoms with van der Waals surface area (Å²) in [6, 6.07) is 2.23. The van der Waals surface area contributed by atoms with E-state index < -0.39 is 4.92 Å². The maximum absolute atomic E-state index is 10.6. The molecule has 18 heavy (non-hydrogen) atoms. The fourth-order valence-corrected chi connectivity index (χ4v) is 2.00. The van der Waals surface area contributed by atoms with E-state index in [9.17, 15) is 15.2 Å². The van der Waals surface area contributed by atoms with Gasteiger partial charge in [-0.3, -0.25) is 10.1 Å². The summed E-state index contributed by atoms with van der Waals surface area (Å²) >= 11 is 11.9. The van der Waals surface area contributed by atoms with Gasteiger partial charge in [0.05, 0.1) is 33.3 Å². The number of aliphatic hydroxyl groups is 1. The Morgan fingerprint density at radius 3 is 2.22 bits per heavy atom. The molecule has 1 aromatic carbocycles. The van der Waals surface area contributed by atoms with E-state index in [2.05, 4.69) is 5.32 Å². The van der Waals surface area contributed by atoms with Crippen molar-refractivity contribution in [3.63, 3.8) is 0 Å². The summed E-state index contributed by atoms with van der Waals surface area (Å²) in [6.45, 7) is 3.78. The minimum atomic E-state index is -0.562. The van der Waals surface area contributed by atoms with Gasteiger partial charge in [0.1, 0.15) is 0 Å². The van der Waals surface area contributed by atoms with Crippen LogP contribution in [0.2, 0.25) is 10.0 Å². The van der Waals surface area contributed by atoms with Gasteiger partial charge in [0, 0.05) is 12.1 Å². The molecule has 0 aliphatic rings. The normalized spacial score (nSPS) is 12.6. The van der Waals surface area contributed by atoms with Crippen LogP contribution in [0.3, 0.4) is 0 Å². The maximum Gasteiger partial charge on any atom is 0.272 e. The fourth-order valence-electron chi connectivity index (χ4n) is 1.41. The molecule has 0 spiro atoms. The second-order valence-electron chi connectivity index (χ2n) is 4.22. The third-order valence-corrected chi connectivity index (χ3v) is 3.17. The molecule has 0 saturated heterocycles. The van der Waals surface area contributed by atoms with Gasteiger partial charge in [-0.25, -0.2) is 0 Å². The second kappa shape index (κ2) is 6.22. The van der Waals surface area contributed by atoms with Crippen LogP contribution < -0.4 is 5.32 Å². The lowest BCUT2D eigenvalue weighted by Gasteiger charge is -2.22. The van der Waals surface area contributed by atoms with Crippen molar-refractivity contribution in [3.8, 4) is 0 Å². The molecule has 0 aromatic heterocycles. The number of hydrogen-bond acceptors (Lipinski definition) is 4. The Kier molecular flexibility index (Phi) is 5.19. The van der Waals surface area contributed by atoms with Gasteiger partial charge < -0.3 is 10.4 Å². The van der Waals surface area contributed by atoms with Crippen molar-refractivity contribution in [1.29, 1.82) is 0 Å².